The molecule has 34 heavy (non-hydrogen) atoms. The number of H-pyrrole nitrogens is 1. The van der Waals surface area contributed by atoms with Crippen LogP contribution in [0.2, 0.25) is 0 Å². The number of aryl methyl sites for hydroxylation is 3. The fourth-order valence-electron chi connectivity index (χ4n) is 4.89. The fourth-order valence-corrected chi connectivity index (χ4v) is 4.89. The second-order valence-corrected chi connectivity index (χ2v) is 9.34. The molecule has 3 heterocycles. The van der Waals surface area contributed by atoms with Gasteiger partial charge in [-0.2, -0.15) is 10.2 Å². The van der Waals surface area contributed by atoms with Crippen LogP contribution in [0, 0.1) is 31.6 Å². The predicted octanol–water partition coefficient (Wildman–Crippen LogP) is 2.87. The summed E-state index contributed by atoms with van der Waals surface area (Å²) >= 11 is 0. The van der Waals surface area contributed by atoms with Crippen molar-refractivity contribution >= 4 is 17.6 Å². The van der Waals surface area contributed by atoms with E-state index in [1.807, 2.05) is 26.8 Å². The van der Waals surface area contributed by atoms with Crippen LogP contribution in [-0.2, 0) is 11.3 Å². The average Bonchev–Trinajstić information content (AvgIpc) is 3.76. The molecule has 3 aromatic heterocycles. The molecular formula is C24H30N8O2. The summed E-state index contributed by atoms with van der Waals surface area (Å²) in [6, 6.07) is 4.61. The van der Waals surface area contributed by atoms with Crippen LogP contribution < -0.4 is 10.6 Å². The van der Waals surface area contributed by atoms with E-state index >= 15 is 0 Å². The van der Waals surface area contributed by atoms with Crippen molar-refractivity contribution in [2.75, 3.05) is 5.32 Å². The maximum absolute atomic E-state index is 13.5. The molecule has 2 fully saturated rings. The zero-order valence-corrected chi connectivity index (χ0v) is 19.7. The third kappa shape index (κ3) is 4.44. The first-order valence-corrected chi connectivity index (χ1v) is 12.0. The van der Waals surface area contributed by atoms with Crippen molar-refractivity contribution in [2.45, 2.75) is 59.0 Å². The molecule has 2 aliphatic rings. The number of aromatic nitrogens is 6. The van der Waals surface area contributed by atoms with Gasteiger partial charge < -0.3 is 10.6 Å². The Kier molecular flexibility index (Phi) is 5.89. The normalized spacial score (nSPS) is 16.5. The minimum atomic E-state index is -0.632. The van der Waals surface area contributed by atoms with Crippen LogP contribution in [0.25, 0.3) is 11.3 Å². The Bertz CT molecular complexity index is 1160. The topological polar surface area (TPSA) is 130 Å². The Balaban J connectivity index is 1.35. The lowest BCUT2D eigenvalue weighted by molar-refractivity contribution is -0.119. The summed E-state index contributed by atoms with van der Waals surface area (Å²) in [7, 11) is 0. The summed E-state index contributed by atoms with van der Waals surface area (Å²) in [5.74, 6) is 0.900. The summed E-state index contributed by atoms with van der Waals surface area (Å²) in [6.07, 6.45) is 6.02. The van der Waals surface area contributed by atoms with Gasteiger partial charge in [0.1, 0.15) is 11.7 Å². The van der Waals surface area contributed by atoms with Crippen LogP contribution in [0.3, 0.4) is 0 Å². The van der Waals surface area contributed by atoms with Gasteiger partial charge in [-0.05, 0) is 82.4 Å². The number of amides is 2. The first-order chi connectivity index (χ1) is 16.5. The van der Waals surface area contributed by atoms with Crippen molar-refractivity contribution in [1.82, 2.24) is 35.5 Å². The van der Waals surface area contributed by atoms with Gasteiger partial charge in [-0.15, -0.1) is 10.2 Å². The summed E-state index contributed by atoms with van der Waals surface area (Å²) in [5, 5.41) is 25.8. The number of aromatic amines is 1. The number of hydrogen-bond donors (Lipinski definition) is 3. The molecule has 10 nitrogen and oxygen atoms in total. The van der Waals surface area contributed by atoms with Gasteiger partial charge in [0.2, 0.25) is 5.91 Å². The van der Waals surface area contributed by atoms with Crippen LogP contribution in [0.15, 0.2) is 24.4 Å². The van der Waals surface area contributed by atoms with Crippen molar-refractivity contribution in [1.29, 1.82) is 0 Å². The van der Waals surface area contributed by atoms with Crippen molar-refractivity contribution in [3.05, 3.63) is 41.5 Å². The van der Waals surface area contributed by atoms with E-state index in [9.17, 15) is 9.59 Å². The highest BCUT2D eigenvalue weighted by Gasteiger charge is 2.48. The number of nitrogens with zero attached hydrogens (tertiary/aromatic N) is 5. The van der Waals surface area contributed by atoms with E-state index in [4.69, 9.17) is 0 Å². The molecule has 0 aliphatic heterocycles. The van der Waals surface area contributed by atoms with E-state index in [1.165, 1.54) is 0 Å². The Morgan fingerprint density at radius 1 is 1.12 bits per heavy atom. The van der Waals surface area contributed by atoms with E-state index in [2.05, 4.69) is 36.1 Å². The third-order valence-electron chi connectivity index (χ3n) is 6.84. The van der Waals surface area contributed by atoms with Crippen LogP contribution in [-0.4, -0.2) is 48.0 Å². The van der Waals surface area contributed by atoms with Gasteiger partial charge in [0, 0.05) is 24.0 Å². The summed E-state index contributed by atoms with van der Waals surface area (Å²) < 4.78 is 1.64. The molecule has 0 saturated heterocycles. The highest BCUT2D eigenvalue weighted by molar-refractivity contribution is 6.00. The first-order valence-electron chi connectivity index (χ1n) is 12.0. The molecule has 0 radical (unpaired) electrons. The van der Waals surface area contributed by atoms with Gasteiger partial charge in [-0.3, -0.25) is 19.4 Å². The molecule has 0 spiro atoms. The smallest absolute Gasteiger partial charge is 0.270 e. The molecule has 0 bridgehead atoms. The molecule has 178 valence electrons. The minimum Gasteiger partial charge on any atom is -0.339 e. The lowest BCUT2D eigenvalue weighted by Gasteiger charge is -2.27. The molecule has 5 rings (SSSR count). The Morgan fingerprint density at radius 2 is 1.85 bits per heavy atom. The number of anilines is 1. The van der Waals surface area contributed by atoms with E-state index in [-0.39, 0.29) is 17.7 Å². The number of carbonyl (C=O) groups excluding carboxylic acids is 2. The van der Waals surface area contributed by atoms with Crippen LogP contribution in [0.5, 0.6) is 0 Å². The number of hydrogen-bond acceptors (Lipinski definition) is 6. The summed E-state index contributed by atoms with van der Waals surface area (Å²) in [6.45, 7) is 6.35. The summed E-state index contributed by atoms with van der Waals surface area (Å²) in [5.41, 5.74) is 3.81. The monoisotopic (exact) mass is 462 g/mol. The zero-order valence-electron chi connectivity index (χ0n) is 19.7. The number of carbonyl (C=O) groups is 2. The Labute approximate surface area is 197 Å². The van der Waals surface area contributed by atoms with Gasteiger partial charge in [-0.25, -0.2) is 0 Å². The third-order valence-corrected chi connectivity index (χ3v) is 6.84. The van der Waals surface area contributed by atoms with E-state index in [1.54, 1.807) is 23.0 Å². The zero-order chi connectivity index (χ0) is 23.8. The predicted molar refractivity (Wildman–Crippen MR) is 126 cm³/mol. The van der Waals surface area contributed by atoms with Gasteiger partial charge in [0.15, 0.2) is 5.82 Å². The molecular weight excluding hydrogens is 432 g/mol. The second-order valence-electron chi connectivity index (χ2n) is 9.34. The maximum atomic E-state index is 13.5. The number of rotatable bonds is 9. The quantitative estimate of drug-likeness (QED) is 0.448. The van der Waals surface area contributed by atoms with E-state index in [0.29, 0.717) is 35.6 Å². The molecule has 3 N–H and O–H groups in total. The molecule has 2 aliphatic carbocycles. The van der Waals surface area contributed by atoms with Gasteiger partial charge in [-0.1, -0.05) is 0 Å². The molecule has 10 heteroatoms. The van der Waals surface area contributed by atoms with Gasteiger partial charge in [0.05, 0.1) is 11.4 Å². The molecule has 2 amide bonds. The van der Waals surface area contributed by atoms with Crippen LogP contribution >= 0.6 is 0 Å². The molecule has 2 saturated carbocycles. The Morgan fingerprint density at radius 3 is 2.41 bits per heavy atom. The van der Waals surface area contributed by atoms with Crippen molar-refractivity contribution in [3.8, 4) is 11.3 Å². The highest BCUT2D eigenvalue weighted by atomic mass is 16.2. The van der Waals surface area contributed by atoms with E-state index in [0.717, 1.165) is 42.6 Å². The standard InChI is InChI=1S/C24H30N8O2/c1-4-32-18(11-12-25-32)23(33)27-22(21(15-5-6-15)16-7-8-16)24(34)26-19-10-9-17(30-31-19)20-13(2)28-29-14(20)3/h9-12,15-16,21-22H,4-8H2,1-3H3,(H,27,33)(H,28,29)(H,26,31,34)/t22-/m0/s1. The van der Waals surface area contributed by atoms with Crippen LogP contribution in [0.4, 0.5) is 5.82 Å². The van der Waals surface area contributed by atoms with Gasteiger partial charge in [0.25, 0.3) is 5.91 Å². The lowest BCUT2D eigenvalue weighted by atomic mass is 9.88. The van der Waals surface area contributed by atoms with Gasteiger partial charge >= 0.3 is 0 Å². The average molecular weight is 463 g/mol. The molecule has 3 aromatic rings. The largest absolute Gasteiger partial charge is 0.339 e. The van der Waals surface area contributed by atoms with Crippen LogP contribution in [0.1, 0.15) is 54.5 Å². The maximum Gasteiger partial charge on any atom is 0.270 e. The first kappa shape index (κ1) is 22.2. The molecule has 0 unspecified atom stereocenters. The number of nitrogens with one attached hydrogen (secondary N) is 3. The van der Waals surface area contributed by atoms with Crippen molar-refractivity contribution in [3.63, 3.8) is 0 Å². The Hall–Kier alpha value is -3.56. The molecule has 0 aromatic carbocycles. The second kappa shape index (κ2) is 9.00. The molecule has 1 atom stereocenters. The lowest BCUT2D eigenvalue weighted by Crippen LogP contribution is -2.50. The summed E-state index contributed by atoms with van der Waals surface area (Å²) in [4.78, 5) is 26.6. The fraction of sp³-hybridized carbons (Fsp3) is 0.500. The minimum absolute atomic E-state index is 0.130. The SMILES string of the molecule is CCn1nccc1C(=O)N[C@H](C(=O)Nc1ccc(-c2c(C)n[nH]c2C)nn1)C(C1CC1)C1CC1. The van der Waals surface area contributed by atoms with Crippen molar-refractivity contribution in [2.24, 2.45) is 17.8 Å². The highest BCUT2D eigenvalue weighted by Crippen LogP contribution is 2.50. The van der Waals surface area contributed by atoms with E-state index < -0.39 is 6.04 Å². The van der Waals surface area contributed by atoms with Crippen molar-refractivity contribution < 1.29 is 9.59 Å².